The van der Waals surface area contributed by atoms with Gasteiger partial charge in [0, 0.05) is 24.7 Å². The molecule has 104 valence electrons. The average Bonchev–Trinajstić information content (AvgIpc) is 2.46. The lowest BCUT2D eigenvalue weighted by atomic mass is 9.89. The second kappa shape index (κ2) is 6.20. The maximum Gasteiger partial charge on any atom is 0.254 e. The van der Waals surface area contributed by atoms with E-state index in [0.29, 0.717) is 12.0 Å². The molecule has 0 saturated carbocycles. The first kappa shape index (κ1) is 14.1. The van der Waals surface area contributed by atoms with Gasteiger partial charge < -0.3 is 10.2 Å². The van der Waals surface area contributed by atoms with Crippen molar-refractivity contribution in [2.24, 2.45) is 5.92 Å². The summed E-state index contributed by atoms with van der Waals surface area (Å²) >= 11 is 0. The Morgan fingerprint density at radius 1 is 1.42 bits per heavy atom. The van der Waals surface area contributed by atoms with Gasteiger partial charge in [-0.1, -0.05) is 31.5 Å². The Bertz CT molecular complexity index is 444. The van der Waals surface area contributed by atoms with Crippen molar-refractivity contribution in [2.45, 2.75) is 32.7 Å². The summed E-state index contributed by atoms with van der Waals surface area (Å²) in [5.41, 5.74) is 1.91. The van der Waals surface area contributed by atoms with Gasteiger partial charge in [-0.3, -0.25) is 4.79 Å². The fourth-order valence-electron chi connectivity index (χ4n) is 2.99. The third kappa shape index (κ3) is 2.98. The molecule has 0 aliphatic carbocycles. The van der Waals surface area contributed by atoms with Crippen molar-refractivity contribution >= 4 is 5.91 Å². The monoisotopic (exact) mass is 260 g/mol. The van der Waals surface area contributed by atoms with E-state index >= 15 is 0 Å². The molecule has 3 nitrogen and oxygen atoms in total. The number of amides is 1. The lowest BCUT2D eigenvalue weighted by Crippen LogP contribution is -2.50. The van der Waals surface area contributed by atoms with E-state index in [9.17, 15) is 4.79 Å². The van der Waals surface area contributed by atoms with Gasteiger partial charge in [-0.05, 0) is 37.9 Å². The number of nitrogens with zero attached hydrogens (tertiary/aromatic N) is 1. The molecule has 2 rings (SSSR count). The molecule has 1 aliphatic rings. The van der Waals surface area contributed by atoms with E-state index in [1.807, 2.05) is 43.1 Å². The van der Waals surface area contributed by atoms with Crippen LogP contribution in [0.15, 0.2) is 24.3 Å². The Morgan fingerprint density at radius 2 is 2.16 bits per heavy atom. The normalized spacial score (nSPS) is 23.4. The maximum atomic E-state index is 12.6. The standard InChI is InChI=1S/C16H24N2O/c1-4-13-11-18(10-9-15(13)17-3)16(19)14-8-6-5-7-12(14)2/h5-8,13,15,17H,4,9-11H2,1-3H3. The van der Waals surface area contributed by atoms with E-state index in [2.05, 4.69) is 12.2 Å². The van der Waals surface area contributed by atoms with Crippen molar-refractivity contribution in [1.82, 2.24) is 10.2 Å². The van der Waals surface area contributed by atoms with Crippen molar-refractivity contribution in [1.29, 1.82) is 0 Å². The highest BCUT2D eigenvalue weighted by Crippen LogP contribution is 2.22. The van der Waals surface area contributed by atoms with Crippen molar-refractivity contribution < 1.29 is 4.79 Å². The first-order chi connectivity index (χ1) is 9.17. The molecule has 0 spiro atoms. The second-order valence-corrected chi connectivity index (χ2v) is 5.42. The molecule has 1 amide bonds. The maximum absolute atomic E-state index is 12.6. The number of likely N-dealkylation sites (tertiary alicyclic amines) is 1. The van der Waals surface area contributed by atoms with Crippen molar-refractivity contribution in [2.75, 3.05) is 20.1 Å². The van der Waals surface area contributed by atoms with E-state index in [0.717, 1.165) is 37.1 Å². The Morgan fingerprint density at radius 3 is 2.79 bits per heavy atom. The smallest absolute Gasteiger partial charge is 0.254 e. The molecule has 3 heteroatoms. The number of carbonyl (C=O) groups excluding carboxylic acids is 1. The summed E-state index contributed by atoms with van der Waals surface area (Å²) in [5.74, 6) is 0.748. The number of rotatable bonds is 3. The summed E-state index contributed by atoms with van der Waals surface area (Å²) < 4.78 is 0. The summed E-state index contributed by atoms with van der Waals surface area (Å²) in [5, 5.41) is 3.38. The second-order valence-electron chi connectivity index (χ2n) is 5.42. The molecule has 1 aliphatic heterocycles. The van der Waals surface area contributed by atoms with Crippen LogP contribution in [0.5, 0.6) is 0 Å². The lowest BCUT2D eigenvalue weighted by Gasteiger charge is -2.38. The van der Waals surface area contributed by atoms with Gasteiger partial charge in [0.1, 0.15) is 0 Å². The van der Waals surface area contributed by atoms with Crippen molar-refractivity contribution in [3.05, 3.63) is 35.4 Å². The van der Waals surface area contributed by atoms with E-state index in [1.54, 1.807) is 0 Å². The zero-order valence-electron chi connectivity index (χ0n) is 12.1. The van der Waals surface area contributed by atoms with Gasteiger partial charge in [0.2, 0.25) is 0 Å². The summed E-state index contributed by atoms with van der Waals surface area (Å²) in [6, 6.07) is 8.41. The van der Waals surface area contributed by atoms with Crippen LogP contribution in [-0.4, -0.2) is 37.0 Å². The lowest BCUT2D eigenvalue weighted by molar-refractivity contribution is 0.0631. The fourth-order valence-corrected chi connectivity index (χ4v) is 2.99. The quantitative estimate of drug-likeness (QED) is 0.905. The summed E-state index contributed by atoms with van der Waals surface area (Å²) in [6.45, 7) is 5.94. The van der Waals surface area contributed by atoms with Gasteiger partial charge >= 0.3 is 0 Å². The molecule has 1 heterocycles. The predicted octanol–water partition coefficient (Wildman–Crippen LogP) is 2.46. The average molecular weight is 260 g/mol. The zero-order chi connectivity index (χ0) is 13.8. The first-order valence-corrected chi connectivity index (χ1v) is 7.19. The summed E-state index contributed by atoms with van der Waals surface area (Å²) in [6.07, 6.45) is 2.16. The van der Waals surface area contributed by atoms with Crippen LogP contribution in [0.3, 0.4) is 0 Å². The van der Waals surface area contributed by atoms with Crippen LogP contribution in [0.2, 0.25) is 0 Å². The summed E-state index contributed by atoms with van der Waals surface area (Å²) in [4.78, 5) is 14.6. The minimum atomic E-state index is 0.186. The molecular formula is C16H24N2O. The molecule has 1 fully saturated rings. The van der Waals surface area contributed by atoms with E-state index < -0.39 is 0 Å². The van der Waals surface area contributed by atoms with Crippen molar-refractivity contribution in [3.8, 4) is 0 Å². The fraction of sp³-hybridized carbons (Fsp3) is 0.562. The van der Waals surface area contributed by atoms with E-state index in [4.69, 9.17) is 0 Å². The molecule has 0 radical (unpaired) electrons. The van der Waals surface area contributed by atoms with Gasteiger partial charge in [0.15, 0.2) is 0 Å². The molecule has 0 bridgehead atoms. The highest BCUT2D eigenvalue weighted by Gasteiger charge is 2.30. The van der Waals surface area contributed by atoms with Crippen LogP contribution in [0.4, 0.5) is 0 Å². The van der Waals surface area contributed by atoms with Crippen LogP contribution in [-0.2, 0) is 0 Å². The van der Waals surface area contributed by atoms with Crippen LogP contribution in [0.25, 0.3) is 0 Å². The molecule has 1 aromatic carbocycles. The van der Waals surface area contributed by atoms with Gasteiger partial charge in [-0.25, -0.2) is 0 Å². The van der Waals surface area contributed by atoms with E-state index in [-0.39, 0.29) is 5.91 Å². The number of carbonyl (C=O) groups is 1. The minimum absolute atomic E-state index is 0.186. The third-order valence-corrected chi connectivity index (χ3v) is 4.29. The number of hydrogen-bond acceptors (Lipinski definition) is 2. The number of aryl methyl sites for hydroxylation is 1. The van der Waals surface area contributed by atoms with Crippen LogP contribution < -0.4 is 5.32 Å². The Hall–Kier alpha value is -1.35. The van der Waals surface area contributed by atoms with Gasteiger partial charge in [-0.15, -0.1) is 0 Å². The topological polar surface area (TPSA) is 32.3 Å². The molecule has 1 saturated heterocycles. The molecule has 1 N–H and O–H groups in total. The minimum Gasteiger partial charge on any atom is -0.338 e. The summed E-state index contributed by atoms with van der Waals surface area (Å²) in [7, 11) is 2.02. The van der Waals surface area contributed by atoms with Gasteiger partial charge in [-0.2, -0.15) is 0 Å². The highest BCUT2D eigenvalue weighted by atomic mass is 16.2. The molecule has 2 unspecified atom stereocenters. The number of hydrogen-bond donors (Lipinski definition) is 1. The largest absolute Gasteiger partial charge is 0.338 e. The van der Waals surface area contributed by atoms with Crippen LogP contribution in [0, 0.1) is 12.8 Å². The van der Waals surface area contributed by atoms with Gasteiger partial charge in [0.05, 0.1) is 0 Å². The van der Waals surface area contributed by atoms with Crippen molar-refractivity contribution in [3.63, 3.8) is 0 Å². The van der Waals surface area contributed by atoms with Crippen LogP contribution in [0.1, 0.15) is 35.7 Å². The number of benzene rings is 1. The molecule has 1 aromatic rings. The Labute approximate surface area is 116 Å². The zero-order valence-corrected chi connectivity index (χ0v) is 12.1. The molecular weight excluding hydrogens is 236 g/mol. The number of nitrogens with one attached hydrogen (secondary N) is 1. The Balaban J connectivity index is 2.11. The molecule has 2 atom stereocenters. The SMILES string of the molecule is CCC1CN(C(=O)c2ccccc2C)CCC1NC. The molecule has 19 heavy (non-hydrogen) atoms. The number of piperidine rings is 1. The van der Waals surface area contributed by atoms with E-state index in [1.165, 1.54) is 0 Å². The predicted molar refractivity (Wildman–Crippen MR) is 78.3 cm³/mol. The first-order valence-electron chi connectivity index (χ1n) is 7.19. The molecule has 0 aromatic heterocycles. The Kier molecular flexibility index (Phi) is 4.59. The van der Waals surface area contributed by atoms with Crippen LogP contribution >= 0.6 is 0 Å². The van der Waals surface area contributed by atoms with Gasteiger partial charge in [0.25, 0.3) is 5.91 Å². The highest BCUT2D eigenvalue weighted by molar-refractivity contribution is 5.95. The third-order valence-electron chi connectivity index (χ3n) is 4.29.